The molecule has 6 nitrogen and oxygen atoms in total. The second kappa shape index (κ2) is 5.35. The van der Waals surface area contributed by atoms with Gasteiger partial charge in [-0.15, -0.1) is 0 Å². The lowest BCUT2D eigenvalue weighted by atomic mass is 9.79. The summed E-state index contributed by atoms with van der Waals surface area (Å²) in [5.41, 5.74) is -1.26. The highest BCUT2D eigenvalue weighted by atomic mass is 16.7. The maximum Gasteiger partial charge on any atom is 0.314 e. The van der Waals surface area contributed by atoms with Crippen molar-refractivity contribution in [2.75, 3.05) is 13.7 Å². The lowest BCUT2D eigenvalue weighted by Crippen LogP contribution is -2.46. The SMILES string of the molecule is CCOC(=O)[C@H]1CC(C(C)=O)C(=O)[C@]2(C)C=C[C@@]1(OC)O2. The van der Waals surface area contributed by atoms with Crippen molar-refractivity contribution in [3.8, 4) is 0 Å². The van der Waals surface area contributed by atoms with Crippen molar-refractivity contribution < 1.29 is 28.6 Å². The summed E-state index contributed by atoms with van der Waals surface area (Å²) in [4.78, 5) is 36.6. The average molecular weight is 296 g/mol. The first-order chi connectivity index (χ1) is 9.79. The first-order valence-electron chi connectivity index (χ1n) is 6.96. The summed E-state index contributed by atoms with van der Waals surface area (Å²) in [5.74, 6) is -4.29. The first kappa shape index (κ1) is 15.9. The third-order valence-corrected chi connectivity index (χ3v) is 4.15. The van der Waals surface area contributed by atoms with Crippen LogP contribution in [0.2, 0.25) is 0 Å². The third-order valence-electron chi connectivity index (χ3n) is 4.15. The summed E-state index contributed by atoms with van der Waals surface area (Å²) in [7, 11) is 1.40. The van der Waals surface area contributed by atoms with Gasteiger partial charge in [0.15, 0.2) is 5.78 Å². The molecule has 2 aliphatic heterocycles. The van der Waals surface area contributed by atoms with Crippen LogP contribution in [0, 0.1) is 11.8 Å². The van der Waals surface area contributed by atoms with Crippen LogP contribution in [0.1, 0.15) is 27.2 Å². The van der Waals surface area contributed by atoms with Gasteiger partial charge in [0.25, 0.3) is 0 Å². The molecule has 2 heterocycles. The molecule has 4 atom stereocenters. The Labute approximate surface area is 123 Å². The zero-order valence-electron chi connectivity index (χ0n) is 12.7. The number of Topliss-reactive ketones (excluding diaryl/α,β-unsaturated/α-hetero) is 2. The van der Waals surface area contributed by atoms with E-state index in [4.69, 9.17) is 14.2 Å². The molecule has 0 spiro atoms. The average Bonchev–Trinajstić information content (AvgIpc) is 2.74. The van der Waals surface area contributed by atoms with Gasteiger partial charge < -0.3 is 14.2 Å². The number of ether oxygens (including phenoxy) is 3. The second-order valence-corrected chi connectivity index (χ2v) is 5.54. The molecule has 1 fully saturated rings. The van der Waals surface area contributed by atoms with Crippen molar-refractivity contribution in [1.82, 2.24) is 0 Å². The van der Waals surface area contributed by atoms with Crippen molar-refractivity contribution in [3.05, 3.63) is 12.2 Å². The van der Waals surface area contributed by atoms with Crippen LogP contribution in [0.3, 0.4) is 0 Å². The van der Waals surface area contributed by atoms with Crippen LogP contribution >= 0.6 is 0 Å². The van der Waals surface area contributed by atoms with Crippen molar-refractivity contribution >= 4 is 17.5 Å². The standard InChI is InChI=1S/C15H20O6/c1-5-20-13(18)11-8-10(9(2)16)12(17)14(3)6-7-15(11,19-4)21-14/h6-7,10-11H,5,8H2,1-4H3/t10?,11-,14+,15-/m1/s1. The van der Waals surface area contributed by atoms with E-state index in [2.05, 4.69) is 0 Å². The largest absolute Gasteiger partial charge is 0.466 e. The highest BCUT2D eigenvalue weighted by Gasteiger charge is 2.59. The molecule has 1 saturated heterocycles. The van der Waals surface area contributed by atoms with Gasteiger partial charge in [-0.25, -0.2) is 0 Å². The van der Waals surface area contributed by atoms with Crippen LogP contribution in [-0.2, 0) is 28.6 Å². The molecule has 0 aliphatic carbocycles. The number of methoxy groups -OCH3 is 1. The Bertz CT molecular complexity index is 510. The quantitative estimate of drug-likeness (QED) is 0.438. The molecule has 0 aromatic carbocycles. The monoisotopic (exact) mass is 296 g/mol. The van der Waals surface area contributed by atoms with E-state index in [1.807, 2.05) is 0 Å². The number of ketones is 2. The Balaban J connectivity index is 2.48. The predicted molar refractivity (Wildman–Crippen MR) is 72.3 cm³/mol. The van der Waals surface area contributed by atoms with E-state index in [0.717, 1.165) is 0 Å². The fourth-order valence-corrected chi connectivity index (χ4v) is 2.95. The summed E-state index contributed by atoms with van der Waals surface area (Å²) < 4.78 is 16.2. The van der Waals surface area contributed by atoms with Crippen molar-refractivity contribution in [2.24, 2.45) is 11.8 Å². The van der Waals surface area contributed by atoms with Gasteiger partial charge in [-0.2, -0.15) is 0 Å². The molecule has 6 heteroatoms. The minimum Gasteiger partial charge on any atom is -0.466 e. The minimum atomic E-state index is -1.36. The number of esters is 1. The molecule has 2 bridgehead atoms. The topological polar surface area (TPSA) is 78.9 Å². The summed E-state index contributed by atoms with van der Waals surface area (Å²) in [5, 5.41) is 0. The molecule has 0 aromatic heterocycles. The molecule has 2 aliphatic rings. The zero-order valence-corrected chi connectivity index (χ0v) is 12.7. The lowest BCUT2D eigenvalue weighted by molar-refractivity contribution is -0.240. The van der Waals surface area contributed by atoms with Crippen LogP contribution in [0.15, 0.2) is 12.2 Å². The Morgan fingerprint density at radius 2 is 2.10 bits per heavy atom. The fourth-order valence-electron chi connectivity index (χ4n) is 2.95. The molecule has 0 N–H and O–H groups in total. The molecular weight excluding hydrogens is 276 g/mol. The maximum atomic E-state index is 12.5. The Kier molecular flexibility index (Phi) is 4.04. The zero-order chi connectivity index (χ0) is 15.8. The number of rotatable bonds is 4. The summed E-state index contributed by atoms with van der Waals surface area (Å²) in [6, 6.07) is 0. The number of hydrogen-bond donors (Lipinski definition) is 0. The minimum absolute atomic E-state index is 0.0285. The molecule has 0 radical (unpaired) electrons. The van der Waals surface area contributed by atoms with Crippen LogP contribution in [-0.4, -0.2) is 42.6 Å². The Hall–Kier alpha value is -1.53. The highest BCUT2D eigenvalue weighted by Crippen LogP contribution is 2.45. The van der Waals surface area contributed by atoms with Crippen LogP contribution in [0.5, 0.6) is 0 Å². The Morgan fingerprint density at radius 3 is 2.62 bits per heavy atom. The number of hydrogen-bond acceptors (Lipinski definition) is 6. The summed E-state index contributed by atoms with van der Waals surface area (Å²) in [6.45, 7) is 4.82. The molecule has 21 heavy (non-hydrogen) atoms. The van der Waals surface area contributed by atoms with E-state index >= 15 is 0 Å². The van der Waals surface area contributed by atoms with Gasteiger partial charge >= 0.3 is 5.97 Å². The van der Waals surface area contributed by atoms with Gasteiger partial charge in [-0.3, -0.25) is 14.4 Å². The number of carbonyl (C=O) groups is 3. The van der Waals surface area contributed by atoms with Gasteiger partial charge in [-0.1, -0.05) is 0 Å². The van der Waals surface area contributed by atoms with Crippen molar-refractivity contribution in [3.63, 3.8) is 0 Å². The van der Waals surface area contributed by atoms with E-state index in [1.165, 1.54) is 14.0 Å². The van der Waals surface area contributed by atoms with E-state index in [-0.39, 0.29) is 24.6 Å². The first-order valence-corrected chi connectivity index (χ1v) is 6.96. The summed E-state index contributed by atoms with van der Waals surface area (Å²) >= 11 is 0. The normalized spacial score (nSPS) is 38.2. The second-order valence-electron chi connectivity index (χ2n) is 5.54. The molecule has 0 amide bonds. The third kappa shape index (κ3) is 2.42. The van der Waals surface area contributed by atoms with Gasteiger partial charge in [0.05, 0.1) is 12.5 Å². The van der Waals surface area contributed by atoms with E-state index in [9.17, 15) is 14.4 Å². The van der Waals surface area contributed by atoms with Gasteiger partial charge in [0, 0.05) is 7.11 Å². The Morgan fingerprint density at radius 1 is 1.43 bits per heavy atom. The van der Waals surface area contributed by atoms with Gasteiger partial charge in [0.1, 0.15) is 17.3 Å². The highest BCUT2D eigenvalue weighted by molar-refractivity contribution is 6.07. The van der Waals surface area contributed by atoms with Gasteiger partial charge in [0.2, 0.25) is 5.79 Å². The maximum absolute atomic E-state index is 12.5. The fraction of sp³-hybridized carbons (Fsp3) is 0.667. The van der Waals surface area contributed by atoms with E-state index < -0.39 is 29.2 Å². The van der Waals surface area contributed by atoms with Crippen LogP contribution in [0.25, 0.3) is 0 Å². The smallest absolute Gasteiger partial charge is 0.314 e. The predicted octanol–water partition coefficient (Wildman–Crippen LogP) is 1.03. The van der Waals surface area contributed by atoms with E-state index in [1.54, 1.807) is 26.0 Å². The molecule has 116 valence electrons. The van der Waals surface area contributed by atoms with Crippen molar-refractivity contribution in [1.29, 1.82) is 0 Å². The summed E-state index contributed by atoms with van der Waals surface area (Å²) in [6.07, 6.45) is 3.16. The molecule has 0 aromatic rings. The van der Waals surface area contributed by atoms with Crippen LogP contribution < -0.4 is 0 Å². The number of carbonyl (C=O) groups excluding carboxylic acids is 3. The lowest BCUT2D eigenvalue weighted by Gasteiger charge is -2.33. The van der Waals surface area contributed by atoms with Crippen LogP contribution in [0.4, 0.5) is 0 Å². The number of fused-ring (bicyclic) bond motifs is 2. The van der Waals surface area contributed by atoms with Crippen molar-refractivity contribution in [2.45, 2.75) is 38.6 Å². The molecule has 0 saturated carbocycles. The van der Waals surface area contributed by atoms with E-state index in [0.29, 0.717) is 0 Å². The molecule has 1 unspecified atom stereocenters. The molecular formula is C15H20O6. The molecule has 2 rings (SSSR count). The van der Waals surface area contributed by atoms with Gasteiger partial charge in [-0.05, 0) is 39.3 Å².